The summed E-state index contributed by atoms with van der Waals surface area (Å²) in [6.45, 7) is 6.15. The van der Waals surface area contributed by atoms with Gasteiger partial charge in [0.05, 0.1) is 6.54 Å². The van der Waals surface area contributed by atoms with Gasteiger partial charge in [-0.05, 0) is 52.9 Å². The molecule has 0 amide bonds. The zero-order valence-electron chi connectivity index (χ0n) is 9.98. The molecule has 0 aliphatic carbocycles. The van der Waals surface area contributed by atoms with Crippen LogP contribution in [0.1, 0.15) is 17.4 Å². The number of aromatic nitrogens is 1. The number of halogens is 1. The summed E-state index contributed by atoms with van der Waals surface area (Å²) in [5.41, 5.74) is 1.22. The third kappa shape index (κ3) is 3.07. The van der Waals surface area contributed by atoms with E-state index in [1.165, 1.54) is 10.4 Å². The lowest BCUT2D eigenvalue weighted by molar-refractivity contribution is 0.822. The van der Waals surface area contributed by atoms with Crippen molar-refractivity contribution in [1.82, 2.24) is 4.98 Å². The molecule has 2 rings (SSSR count). The molecule has 17 heavy (non-hydrogen) atoms. The first kappa shape index (κ1) is 12.6. The Morgan fingerprint density at radius 1 is 1.47 bits per heavy atom. The Morgan fingerprint density at radius 2 is 2.29 bits per heavy atom. The summed E-state index contributed by atoms with van der Waals surface area (Å²) in [4.78, 5) is 8.13. The molecule has 2 aromatic heterocycles. The molecule has 0 saturated heterocycles. The van der Waals surface area contributed by atoms with Gasteiger partial charge >= 0.3 is 0 Å². The highest BCUT2D eigenvalue weighted by Gasteiger charge is 2.08. The Hall–Kier alpha value is -0.870. The predicted octanol–water partition coefficient (Wildman–Crippen LogP) is 4.24. The van der Waals surface area contributed by atoms with Crippen LogP contribution < -0.4 is 4.90 Å². The van der Waals surface area contributed by atoms with Crippen molar-refractivity contribution in [3.63, 3.8) is 0 Å². The van der Waals surface area contributed by atoms with Crippen molar-refractivity contribution in [2.24, 2.45) is 0 Å². The van der Waals surface area contributed by atoms with Gasteiger partial charge in [-0.25, -0.2) is 4.98 Å². The highest BCUT2D eigenvalue weighted by Crippen LogP contribution is 2.22. The average Bonchev–Trinajstić information content (AvgIpc) is 2.82. The number of rotatable bonds is 4. The van der Waals surface area contributed by atoms with Crippen molar-refractivity contribution >= 4 is 33.1 Å². The molecule has 0 unspecified atom stereocenters. The fourth-order valence-electron chi connectivity index (χ4n) is 1.64. The minimum atomic E-state index is 0.933. The van der Waals surface area contributed by atoms with Gasteiger partial charge in [-0.15, -0.1) is 11.3 Å². The van der Waals surface area contributed by atoms with Crippen LogP contribution in [0.25, 0.3) is 0 Å². The number of nitrogens with zero attached hydrogens (tertiary/aromatic N) is 2. The molecule has 4 heteroatoms. The largest absolute Gasteiger partial charge is 0.352 e. The molecule has 0 aromatic carbocycles. The molecule has 0 fully saturated rings. The maximum absolute atomic E-state index is 4.47. The second-order valence-electron chi connectivity index (χ2n) is 3.89. The normalized spacial score (nSPS) is 10.5. The average molecular weight is 311 g/mol. The molecule has 0 radical (unpaired) electrons. The molecule has 0 saturated carbocycles. The monoisotopic (exact) mass is 310 g/mol. The molecule has 2 nitrogen and oxygen atoms in total. The molecule has 2 heterocycles. The quantitative estimate of drug-likeness (QED) is 0.839. The number of thiophene rings is 1. The van der Waals surface area contributed by atoms with Gasteiger partial charge in [-0.2, -0.15) is 0 Å². The second kappa shape index (κ2) is 5.65. The van der Waals surface area contributed by atoms with E-state index in [-0.39, 0.29) is 0 Å². The van der Waals surface area contributed by atoms with Crippen molar-refractivity contribution < 1.29 is 0 Å². The summed E-state index contributed by atoms with van der Waals surface area (Å²) in [6.07, 6.45) is 1.88. The van der Waals surface area contributed by atoms with E-state index in [1.807, 2.05) is 6.20 Å². The number of pyridine rings is 1. The van der Waals surface area contributed by atoms with E-state index in [4.69, 9.17) is 0 Å². The standard InChI is InChI=1S/C13H15BrN2S/c1-3-16(9-11-5-4-6-17-11)13-7-10(2)12(14)8-15-13/h4-8H,3,9H2,1-2H3. The number of hydrogen-bond donors (Lipinski definition) is 0. The van der Waals surface area contributed by atoms with Crippen molar-refractivity contribution in [3.05, 3.63) is 44.7 Å². The van der Waals surface area contributed by atoms with Crippen LogP contribution >= 0.6 is 27.3 Å². The van der Waals surface area contributed by atoms with E-state index in [0.717, 1.165) is 23.4 Å². The van der Waals surface area contributed by atoms with Crippen LogP contribution in [0, 0.1) is 6.92 Å². The van der Waals surface area contributed by atoms with Gasteiger partial charge in [-0.1, -0.05) is 6.07 Å². The Bertz CT molecular complexity index is 482. The highest BCUT2D eigenvalue weighted by molar-refractivity contribution is 9.10. The molecular formula is C13H15BrN2S. The van der Waals surface area contributed by atoms with Crippen molar-refractivity contribution in [2.75, 3.05) is 11.4 Å². The van der Waals surface area contributed by atoms with Crippen LogP contribution in [0.2, 0.25) is 0 Å². The third-order valence-corrected chi connectivity index (χ3v) is 4.36. The molecule has 90 valence electrons. The van der Waals surface area contributed by atoms with Gasteiger partial charge < -0.3 is 4.90 Å². The Morgan fingerprint density at radius 3 is 2.88 bits per heavy atom. The Kier molecular flexibility index (Phi) is 4.18. The smallest absolute Gasteiger partial charge is 0.129 e. The highest BCUT2D eigenvalue weighted by atomic mass is 79.9. The van der Waals surface area contributed by atoms with Crippen LogP contribution in [0.5, 0.6) is 0 Å². The molecule has 0 spiro atoms. The van der Waals surface area contributed by atoms with Gasteiger partial charge in [0.1, 0.15) is 5.82 Å². The van der Waals surface area contributed by atoms with Gasteiger partial charge in [-0.3, -0.25) is 0 Å². The van der Waals surface area contributed by atoms with Crippen LogP contribution in [0.4, 0.5) is 5.82 Å². The second-order valence-corrected chi connectivity index (χ2v) is 5.77. The van der Waals surface area contributed by atoms with Gasteiger partial charge in [0.2, 0.25) is 0 Å². The minimum Gasteiger partial charge on any atom is -0.352 e. The van der Waals surface area contributed by atoms with Gasteiger partial charge in [0, 0.05) is 22.1 Å². The maximum Gasteiger partial charge on any atom is 0.129 e. The lowest BCUT2D eigenvalue weighted by Crippen LogP contribution is -2.22. The number of hydrogen-bond acceptors (Lipinski definition) is 3. The lowest BCUT2D eigenvalue weighted by atomic mass is 10.3. The minimum absolute atomic E-state index is 0.933. The first-order valence-electron chi connectivity index (χ1n) is 5.60. The van der Waals surface area contributed by atoms with E-state index in [0.29, 0.717) is 0 Å². The van der Waals surface area contributed by atoms with E-state index >= 15 is 0 Å². The first-order valence-corrected chi connectivity index (χ1v) is 7.27. The first-order chi connectivity index (χ1) is 8.20. The van der Waals surface area contributed by atoms with Crippen molar-refractivity contribution in [3.8, 4) is 0 Å². The summed E-state index contributed by atoms with van der Waals surface area (Å²) in [5.74, 6) is 1.04. The maximum atomic E-state index is 4.47. The molecule has 2 aromatic rings. The third-order valence-electron chi connectivity index (χ3n) is 2.67. The lowest BCUT2D eigenvalue weighted by Gasteiger charge is -2.21. The van der Waals surface area contributed by atoms with Crippen molar-refractivity contribution in [1.29, 1.82) is 0 Å². The summed E-state index contributed by atoms with van der Waals surface area (Å²) in [6, 6.07) is 6.38. The Balaban J connectivity index is 2.20. The molecule has 0 aliphatic heterocycles. The molecule has 0 atom stereocenters. The van der Waals surface area contributed by atoms with Crippen LogP contribution in [-0.4, -0.2) is 11.5 Å². The van der Waals surface area contributed by atoms with Crippen LogP contribution in [0.15, 0.2) is 34.2 Å². The van der Waals surface area contributed by atoms with Gasteiger partial charge in [0.15, 0.2) is 0 Å². The zero-order valence-corrected chi connectivity index (χ0v) is 12.4. The number of anilines is 1. The van der Waals surface area contributed by atoms with Crippen LogP contribution in [-0.2, 0) is 6.54 Å². The molecule has 0 aliphatic rings. The van der Waals surface area contributed by atoms with E-state index in [2.05, 4.69) is 63.2 Å². The van der Waals surface area contributed by atoms with E-state index < -0.39 is 0 Å². The molecular weight excluding hydrogens is 296 g/mol. The van der Waals surface area contributed by atoms with E-state index in [1.54, 1.807) is 11.3 Å². The fourth-order valence-corrected chi connectivity index (χ4v) is 2.58. The fraction of sp³-hybridized carbons (Fsp3) is 0.308. The van der Waals surface area contributed by atoms with Crippen molar-refractivity contribution in [2.45, 2.75) is 20.4 Å². The zero-order chi connectivity index (χ0) is 12.3. The summed E-state index contributed by atoms with van der Waals surface area (Å²) in [7, 11) is 0. The predicted molar refractivity (Wildman–Crippen MR) is 77.7 cm³/mol. The SMILES string of the molecule is CCN(Cc1cccs1)c1cc(C)c(Br)cn1. The van der Waals surface area contributed by atoms with E-state index in [9.17, 15) is 0 Å². The topological polar surface area (TPSA) is 16.1 Å². The summed E-state index contributed by atoms with van der Waals surface area (Å²) in [5, 5.41) is 2.11. The number of aryl methyl sites for hydroxylation is 1. The Labute approximate surface area is 114 Å². The summed E-state index contributed by atoms with van der Waals surface area (Å²) < 4.78 is 1.06. The molecule has 0 bridgehead atoms. The van der Waals surface area contributed by atoms with Crippen LogP contribution in [0.3, 0.4) is 0 Å². The van der Waals surface area contributed by atoms with Gasteiger partial charge in [0.25, 0.3) is 0 Å². The molecule has 0 N–H and O–H groups in total. The summed E-state index contributed by atoms with van der Waals surface area (Å²) >= 11 is 5.27.